The molecular weight excluding hydrogens is 264 g/mol. The molecule has 2 aromatic rings. The summed E-state index contributed by atoms with van der Waals surface area (Å²) >= 11 is 0. The lowest BCUT2D eigenvalue weighted by Gasteiger charge is -2.20. The van der Waals surface area contributed by atoms with Crippen LogP contribution in [0.2, 0.25) is 0 Å². The fourth-order valence-electron chi connectivity index (χ4n) is 3.08. The minimum absolute atomic E-state index is 0.344. The minimum Gasteiger partial charge on any atom is -0.368 e. The van der Waals surface area contributed by atoms with E-state index in [1.807, 2.05) is 13.1 Å². The van der Waals surface area contributed by atoms with Gasteiger partial charge in [-0.15, -0.1) is 0 Å². The molecule has 6 heteroatoms. The first-order chi connectivity index (χ1) is 10.1. The molecular formula is C15H22N6. The second kappa shape index (κ2) is 5.35. The third-order valence-corrected chi connectivity index (χ3v) is 4.09. The second-order valence-corrected chi connectivity index (χ2v) is 5.69. The maximum atomic E-state index is 5.76. The topological polar surface area (TPSA) is 72.9 Å². The summed E-state index contributed by atoms with van der Waals surface area (Å²) in [5, 5.41) is 4.61. The average Bonchev–Trinajstić information content (AvgIpc) is 3.05. The number of nitrogens with two attached hydrogens (primary N) is 1. The van der Waals surface area contributed by atoms with E-state index in [1.165, 1.54) is 5.69 Å². The Morgan fingerprint density at radius 3 is 2.86 bits per heavy atom. The molecule has 21 heavy (non-hydrogen) atoms. The van der Waals surface area contributed by atoms with Crippen LogP contribution in [0.5, 0.6) is 0 Å². The van der Waals surface area contributed by atoms with Crippen LogP contribution in [-0.2, 0) is 6.42 Å². The lowest BCUT2D eigenvalue weighted by Crippen LogP contribution is -2.24. The van der Waals surface area contributed by atoms with Crippen LogP contribution >= 0.6 is 0 Å². The normalized spacial score (nSPS) is 18.4. The van der Waals surface area contributed by atoms with Gasteiger partial charge in [0.05, 0.1) is 11.7 Å². The number of hydrogen-bond donors (Lipinski definition) is 1. The van der Waals surface area contributed by atoms with E-state index in [4.69, 9.17) is 5.73 Å². The molecule has 1 fully saturated rings. The summed E-state index contributed by atoms with van der Waals surface area (Å²) in [7, 11) is 0. The van der Waals surface area contributed by atoms with E-state index in [1.54, 1.807) is 0 Å². The quantitative estimate of drug-likeness (QED) is 0.932. The number of hydrogen-bond acceptors (Lipinski definition) is 5. The fraction of sp³-hybridized carbons (Fsp3) is 0.533. The van der Waals surface area contributed by atoms with Gasteiger partial charge < -0.3 is 10.6 Å². The van der Waals surface area contributed by atoms with Crippen LogP contribution in [0.15, 0.2) is 12.3 Å². The molecule has 0 aliphatic carbocycles. The Morgan fingerprint density at radius 1 is 1.38 bits per heavy atom. The van der Waals surface area contributed by atoms with Crippen LogP contribution in [0.3, 0.4) is 0 Å². The summed E-state index contributed by atoms with van der Waals surface area (Å²) in [5.41, 5.74) is 9.20. The van der Waals surface area contributed by atoms with E-state index in [2.05, 4.69) is 44.6 Å². The van der Waals surface area contributed by atoms with Crippen LogP contribution in [0.4, 0.5) is 11.8 Å². The number of aryl methyl sites for hydroxylation is 3. The van der Waals surface area contributed by atoms with E-state index in [0.29, 0.717) is 12.0 Å². The van der Waals surface area contributed by atoms with E-state index in [9.17, 15) is 0 Å². The van der Waals surface area contributed by atoms with Crippen LogP contribution in [0, 0.1) is 13.8 Å². The lowest BCUT2D eigenvalue weighted by atomic mass is 10.2. The Bertz CT molecular complexity index is 648. The van der Waals surface area contributed by atoms with E-state index in [-0.39, 0.29) is 0 Å². The van der Waals surface area contributed by atoms with E-state index >= 15 is 0 Å². The maximum absolute atomic E-state index is 5.76. The standard InChI is InChI=1S/C15H22N6/c1-4-12-8-17-15(16)18-14(12)20-6-5-13(9-20)21-11(3)7-10(2)19-21/h7-8,13H,4-6,9H2,1-3H3,(H2,16,17,18)/t13-/m1/s1. The first-order valence-corrected chi connectivity index (χ1v) is 7.47. The van der Waals surface area contributed by atoms with E-state index in [0.717, 1.165) is 43.0 Å². The van der Waals surface area contributed by atoms with Crippen molar-refractivity contribution < 1.29 is 0 Å². The van der Waals surface area contributed by atoms with Gasteiger partial charge in [0.2, 0.25) is 5.95 Å². The summed E-state index contributed by atoms with van der Waals surface area (Å²) in [6.07, 6.45) is 3.83. The van der Waals surface area contributed by atoms with Gasteiger partial charge in [-0.3, -0.25) is 4.68 Å². The SMILES string of the molecule is CCc1cnc(N)nc1N1CC[C@@H](n2nc(C)cc2C)C1. The summed E-state index contributed by atoms with van der Waals surface area (Å²) in [4.78, 5) is 10.8. The third-order valence-electron chi connectivity index (χ3n) is 4.09. The Hall–Kier alpha value is -2.11. The van der Waals surface area contributed by atoms with Gasteiger partial charge in [0.15, 0.2) is 0 Å². The molecule has 0 aromatic carbocycles. The predicted octanol–water partition coefficient (Wildman–Crippen LogP) is 1.89. The highest BCUT2D eigenvalue weighted by molar-refractivity contribution is 5.49. The number of nitrogens with zero attached hydrogens (tertiary/aromatic N) is 5. The van der Waals surface area contributed by atoms with Crippen molar-refractivity contribution in [1.29, 1.82) is 0 Å². The molecule has 6 nitrogen and oxygen atoms in total. The van der Waals surface area contributed by atoms with Crippen molar-refractivity contribution in [1.82, 2.24) is 19.7 Å². The molecule has 0 bridgehead atoms. The number of rotatable bonds is 3. The van der Waals surface area contributed by atoms with Crippen molar-refractivity contribution in [3.8, 4) is 0 Å². The average molecular weight is 286 g/mol. The lowest BCUT2D eigenvalue weighted by molar-refractivity contribution is 0.481. The van der Waals surface area contributed by atoms with Gasteiger partial charge >= 0.3 is 0 Å². The molecule has 0 unspecified atom stereocenters. The maximum Gasteiger partial charge on any atom is 0.221 e. The summed E-state index contributed by atoms with van der Waals surface area (Å²) in [5.74, 6) is 1.32. The van der Waals surface area contributed by atoms with Crippen LogP contribution in [0.25, 0.3) is 0 Å². The van der Waals surface area contributed by atoms with Crippen molar-refractivity contribution >= 4 is 11.8 Å². The number of nitrogen functional groups attached to an aromatic ring is 1. The van der Waals surface area contributed by atoms with Crippen molar-refractivity contribution in [3.05, 3.63) is 29.2 Å². The molecule has 112 valence electrons. The molecule has 3 rings (SSSR count). The van der Waals surface area contributed by atoms with Gasteiger partial charge in [-0.05, 0) is 32.8 Å². The van der Waals surface area contributed by atoms with Gasteiger partial charge in [0, 0.05) is 30.5 Å². The Balaban J connectivity index is 1.84. The van der Waals surface area contributed by atoms with Crippen LogP contribution in [0.1, 0.15) is 36.3 Å². The van der Waals surface area contributed by atoms with Crippen molar-refractivity contribution in [2.75, 3.05) is 23.7 Å². The zero-order valence-corrected chi connectivity index (χ0v) is 12.9. The molecule has 1 aliphatic rings. The van der Waals surface area contributed by atoms with Gasteiger partial charge in [0.1, 0.15) is 5.82 Å². The van der Waals surface area contributed by atoms with Gasteiger partial charge in [0.25, 0.3) is 0 Å². The van der Waals surface area contributed by atoms with Gasteiger partial charge in [-0.2, -0.15) is 10.1 Å². The van der Waals surface area contributed by atoms with Gasteiger partial charge in [-0.25, -0.2) is 4.98 Å². The largest absolute Gasteiger partial charge is 0.368 e. The molecule has 1 aliphatic heterocycles. The first kappa shape index (κ1) is 13.9. The Morgan fingerprint density at radius 2 is 2.19 bits per heavy atom. The van der Waals surface area contributed by atoms with E-state index < -0.39 is 0 Å². The summed E-state index contributed by atoms with van der Waals surface area (Å²) < 4.78 is 2.14. The highest BCUT2D eigenvalue weighted by atomic mass is 15.3. The monoisotopic (exact) mass is 286 g/mol. The predicted molar refractivity (Wildman–Crippen MR) is 83.4 cm³/mol. The third kappa shape index (κ3) is 2.57. The fourth-order valence-corrected chi connectivity index (χ4v) is 3.08. The summed E-state index contributed by atoms with van der Waals surface area (Å²) in [6.45, 7) is 8.17. The van der Waals surface area contributed by atoms with Crippen LogP contribution in [-0.4, -0.2) is 32.8 Å². The van der Waals surface area contributed by atoms with Crippen LogP contribution < -0.4 is 10.6 Å². The molecule has 1 atom stereocenters. The molecule has 2 N–H and O–H groups in total. The summed E-state index contributed by atoms with van der Waals surface area (Å²) in [6, 6.07) is 2.53. The molecule has 2 aromatic heterocycles. The molecule has 0 radical (unpaired) electrons. The molecule has 0 amide bonds. The smallest absolute Gasteiger partial charge is 0.221 e. The second-order valence-electron chi connectivity index (χ2n) is 5.69. The molecule has 3 heterocycles. The van der Waals surface area contributed by atoms with Crippen molar-refractivity contribution in [3.63, 3.8) is 0 Å². The molecule has 0 saturated carbocycles. The zero-order chi connectivity index (χ0) is 15.0. The number of anilines is 2. The molecule has 1 saturated heterocycles. The highest BCUT2D eigenvalue weighted by Crippen LogP contribution is 2.29. The Labute approximate surface area is 125 Å². The van der Waals surface area contributed by atoms with Crippen molar-refractivity contribution in [2.24, 2.45) is 0 Å². The number of aromatic nitrogens is 4. The molecule has 0 spiro atoms. The Kier molecular flexibility index (Phi) is 3.53. The first-order valence-electron chi connectivity index (χ1n) is 7.47. The van der Waals surface area contributed by atoms with Crippen molar-refractivity contribution in [2.45, 2.75) is 39.7 Å². The zero-order valence-electron chi connectivity index (χ0n) is 12.9. The van der Waals surface area contributed by atoms with Gasteiger partial charge in [-0.1, -0.05) is 6.92 Å². The highest BCUT2D eigenvalue weighted by Gasteiger charge is 2.27. The minimum atomic E-state index is 0.344.